The number of esters is 2. The molecule has 1 aromatic carbocycles. The lowest BCUT2D eigenvalue weighted by Crippen LogP contribution is -2.29. The van der Waals surface area contributed by atoms with E-state index in [1.54, 1.807) is 25.1 Å². The standard InChI is InChI=1S/C15H21NO4/c1-4-6-13(15(18)19-5-2)20-14(17)11-9-10(3)7-8-12(11)16/h7-9,13H,4-6,16H2,1-3H3. The van der Waals surface area contributed by atoms with E-state index in [9.17, 15) is 9.59 Å². The van der Waals surface area contributed by atoms with Crippen LogP contribution in [-0.2, 0) is 14.3 Å². The normalized spacial score (nSPS) is 11.8. The second-order valence-electron chi connectivity index (χ2n) is 4.53. The number of hydrogen-bond donors (Lipinski definition) is 1. The van der Waals surface area contributed by atoms with Crippen molar-refractivity contribution in [3.05, 3.63) is 29.3 Å². The molecule has 1 atom stereocenters. The molecule has 5 nitrogen and oxygen atoms in total. The van der Waals surface area contributed by atoms with Crippen molar-refractivity contribution in [1.82, 2.24) is 0 Å². The highest BCUT2D eigenvalue weighted by molar-refractivity contribution is 5.96. The van der Waals surface area contributed by atoms with Gasteiger partial charge in [-0.2, -0.15) is 0 Å². The summed E-state index contributed by atoms with van der Waals surface area (Å²) >= 11 is 0. The van der Waals surface area contributed by atoms with Crippen LogP contribution < -0.4 is 5.73 Å². The molecule has 110 valence electrons. The van der Waals surface area contributed by atoms with Crippen LogP contribution in [0.3, 0.4) is 0 Å². The predicted molar refractivity (Wildman–Crippen MR) is 76.3 cm³/mol. The maximum Gasteiger partial charge on any atom is 0.347 e. The van der Waals surface area contributed by atoms with Gasteiger partial charge in [0.15, 0.2) is 6.10 Å². The molecule has 0 aliphatic rings. The van der Waals surface area contributed by atoms with Crippen LogP contribution in [0.4, 0.5) is 5.69 Å². The van der Waals surface area contributed by atoms with Crippen molar-refractivity contribution >= 4 is 17.6 Å². The summed E-state index contributed by atoms with van der Waals surface area (Å²) in [6.07, 6.45) is 0.253. The highest BCUT2D eigenvalue weighted by Crippen LogP contribution is 2.17. The van der Waals surface area contributed by atoms with Crippen LogP contribution in [0.5, 0.6) is 0 Å². The minimum absolute atomic E-state index is 0.253. The number of hydrogen-bond acceptors (Lipinski definition) is 5. The molecule has 0 radical (unpaired) electrons. The second kappa shape index (κ2) is 7.53. The molecule has 0 spiro atoms. The summed E-state index contributed by atoms with van der Waals surface area (Å²) in [6, 6.07) is 5.10. The van der Waals surface area contributed by atoms with Crippen molar-refractivity contribution in [3.63, 3.8) is 0 Å². The number of carbonyl (C=O) groups is 2. The predicted octanol–water partition coefficient (Wildman–Crippen LogP) is 2.47. The minimum Gasteiger partial charge on any atom is -0.463 e. The molecule has 1 rings (SSSR count). The molecule has 0 aromatic heterocycles. The highest BCUT2D eigenvalue weighted by Gasteiger charge is 2.25. The van der Waals surface area contributed by atoms with Gasteiger partial charge < -0.3 is 15.2 Å². The molecule has 20 heavy (non-hydrogen) atoms. The summed E-state index contributed by atoms with van der Waals surface area (Å²) in [4.78, 5) is 23.8. The van der Waals surface area contributed by atoms with Crippen molar-refractivity contribution in [1.29, 1.82) is 0 Å². The molecule has 0 saturated carbocycles. The maximum atomic E-state index is 12.1. The number of rotatable bonds is 6. The molecule has 1 aromatic rings. The Morgan fingerprint density at radius 1 is 1.30 bits per heavy atom. The average Bonchev–Trinajstić information content (AvgIpc) is 2.41. The monoisotopic (exact) mass is 279 g/mol. The Balaban J connectivity index is 2.84. The van der Waals surface area contributed by atoms with Crippen molar-refractivity contribution in [2.45, 2.75) is 39.7 Å². The van der Waals surface area contributed by atoms with Gasteiger partial charge >= 0.3 is 11.9 Å². The van der Waals surface area contributed by atoms with Gasteiger partial charge in [-0.25, -0.2) is 9.59 Å². The Bertz CT molecular complexity index is 485. The van der Waals surface area contributed by atoms with Gasteiger partial charge in [0.1, 0.15) is 0 Å². The number of carbonyl (C=O) groups excluding carboxylic acids is 2. The van der Waals surface area contributed by atoms with E-state index in [0.29, 0.717) is 18.5 Å². The summed E-state index contributed by atoms with van der Waals surface area (Å²) in [5.41, 5.74) is 7.26. The molecule has 2 N–H and O–H groups in total. The van der Waals surface area contributed by atoms with Crippen LogP contribution in [0.25, 0.3) is 0 Å². The van der Waals surface area contributed by atoms with Crippen LogP contribution in [0, 0.1) is 6.92 Å². The van der Waals surface area contributed by atoms with E-state index in [2.05, 4.69) is 0 Å². The first kappa shape index (κ1) is 16.0. The van der Waals surface area contributed by atoms with Gasteiger partial charge in [0.2, 0.25) is 0 Å². The van der Waals surface area contributed by atoms with Crippen molar-refractivity contribution in [3.8, 4) is 0 Å². The number of nitrogens with two attached hydrogens (primary N) is 1. The van der Waals surface area contributed by atoms with E-state index in [0.717, 1.165) is 5.56 Å². The second-order valence-corrected chi connectivity index (χ2v) is 4.53. The van der Waals surface area contributed by atoms with E-state index in [1.165, 1.54) is 0 Å². The number of ether oxygens (including phenoxy) is 2. The van der Waals surface area contributed by atoms with Crippen LogP contribution in [-0.4, -0.2) is 24.6 Å². The molecule has 1 unspecified atom stereocenters. The molecule has 5 heteroatoms. The van der Waals surface area contributed by atoms with Gasteiger partial charge in [-0.05, 0) is 32.4 Å². The number of anilines is 1. The number of nitrogen functional groups attached to an aromatic ring is 1. The van der Waals surface area contributed by atoms with Gasteiger partial charge in [-0.1, -0.05) is 25.0 Å². The quantitative estimate of drug-likeness (QED) is 0.639. The van der Waals surface area contributed by atoms with Gasteiger partial charge in [-0.3, -0.25) is 0 Å². The summed E-state index contributed by atoms with van der Waals surface area (Å²) in [5, 5.41) is 0. The minimum atomic E-state index is -0.882. The van der Waals surface area contributed by atoms with Gasteiger partial charge in [0, 0.05) is 5.69 Å². The first-order valence-electron chi connectivity index (χ1n) is 6.73. The fourth-order valence-corrected chi connectivity index (χ4v) is 1.76. The molecule has 0 saturated heterocycles. The van der Waals surface area contributed by atoms with E-state index in [4.69, 9.17) is 15.2 Å². The van der Waals surface area contributed by atoms with Gasteiger partial charge in [-0.15, -0.1) is 0 Å². The van der Waals surface area contributed by atoms with E-state index >= 15 is 0 Å². The van der Waals surface area contributed by atoms with E-state index in [-0.39, 0.29) is 12.2 Å². The smallest absolute Gasteiger partial charge is 0.347 e. The zero-order chi connectivity index (χ0) is 15.1. The summed E-state index contributed by atoms with van der Waals surface area (Å²) in [5.74, 6) is -1.12. The zero-order valence-electron chi connectivity index (χ0n) is 12.1. The third kappa shape index (κ3) is 4.26. The molecule has 0 aliphatic carbocycles. The lowest BCUT2D eigenvalue weighted by molar-refractivity contribution is -0.153. The summed E-state index contributed by atoms with van der Waals surface area (Å²) in [7, 11) is 0. The first-order valence-corrected chi connectivity index (χ1v) is 6.73. The van der Waals surface area contributed by atoms with Crippen molar-refractivity contribution in [2.75, 3.05) is 12.3 Å². The highest BCUT2D eigenvalue weighted by atomic mass is 16.6. The Morgan fingerprint density at radius 2 is 2.00 bits per heavy atom. The summed E-state index contributed by atoms with van der Waals surface area (Å²) in [6.45, 7) is 5.72. The van der Waals surface area contributed by atoms with E-state index in [1.807, 2.05) is 13.8 Å². The molecule has 0 fully saturated rings. The number of aryl methyl sites for hydroxylation is 1. The third-order valence-corrected chi connectivity index (χ3v) is 2.78. The molecule has 0 amide bonds. The maximum absolute atomic E-state index is 12.1. The van der Waals surface area contributed by atoms with Crippen molar-refractivity contribution in [2.24, 2.45) is 0 Å². The van der Waals surface area contributed by atoms with Crippen LogP contribution in [0.1, 0.15) is 42.6 Å². The largest absolute Gasteiger partial charge is 0.463 e. The molecule has 0 heterocycles. The SMILES string of the molecule is CCCC(OC(=O)c1cc(C)ccc1N)C(=O)OCC. The zero-order valence-corrected chi connectivity index (χ0v) is 12.1. The van der Waals surface area contributed by atoms with Crippen LogP contribution in [0.2, 0.25) is 0 Å². The average molecular weight is 279 g/mol. The lowest BCUT2D eigenvalue weighted by Gasteiger charge is -2.16. The van der Waals surface area contributed by atoms with Gasteiger partial charge in [0.05, 0.1) is 12.2 Å². The fourth-order valence-electron chi connectivity index (χ4n) is 1.76. The Labute approximate surface area is 119 Å². The Hall–Kier alpha value is -2.04. The summed E-state index contributed by atoms with van der Waals surface area (Å²) < 4.78 is 10.1. The molecule has 0 aliphatic heterocycles. The fraction of sp³-hybridized carbons (Fsp3) is 0.467. The van der Waals surface area contributed by atoms with Crippen LogP contribution >= 0.6 is 0 Å². The Morgan fingerprint density at radius 3 is 2.60 bits per heavy atom. The molecular formula is C15H21NO4. The molecule has 0 bridgehead atoms. The first-order chi connectivity index (χ1) is 9.49. The topological polar surface area (TPSA) is 78.6 Å². The Kier molecular flexibility index (Phi) is 6.03. The third-order valence-electron chi connectivity index (χ3n) is 2.78. The van der Waals surface area contributed by atoms with Gasteiger partial charge in [0.25, 0.3) is 0 Å². The number of benzene rings is 1. The molecular weight excluding hydrogens is 258 g/mol. The van der Waals surface area contributed by atoms with E-state index < -0.39 is 18.0 Å². The van der Waals surface area contributed by atoms with Crippen molar-refractivity contribution < 1.29 is 19.1 Å². The van der Waals surface area contributed by atoms with Crippen LogP contribution in [0.15, 0.2) is 18.2 Å². The lowest BCUT2D eigenvalue weighted by atomic mass is 10.1.